The van der Waals surface area contributed by atoms with Gasteiger partial charge >= 0.3 is 0 Å². The second-order valence-corrected chi connectivity index (χ2v) is 23.9. The van der Waals surface area contributed by atoms with E-state index < -0.39 is 0 Å². The molecule has 12 aromatic rings. The Morgan fingerprint density at radius 1 is 0.405 bits per heavy atom. The second-order valence-electron chi connectivity index (χ2n) is 23.9. The molecule has 3 aromatic heterocycles. The van der Waals surface area contributed by atoms with Gasteiger partial charge in [0, 0.05) is 77.8 Å². The Labute approximate surface area is 478 Å². The molecule has 0 atom stereocenters. The minimum atomic E-state index is -0.0797. The van der Waals surface area contributed by atoms with Gasteiger partial charge in [-0.15, -0.1) is 48.1 Å². The van der Waals surface area contributed by atoms with Crippen LogP contribution in [0.5, 0.6) is 11.5 Å². The van der Waals surface area contributed by atoms with Crippen molar-refractivity contribution in [2.75, 3.05) is 9.80 Å². The van der Waals surface area contributed by atoms with E-state index in [0.29, 0.717) is 11.5 Å². The van der Waals surface area contributed by atoms with Crippen molar-refractivity contribution in [2.45, 2.75) is 78.6 Å². The Morgan fingerprint density at radius 3 is 1.77 bits per heavy atom. The van der Waals surface area contributed by atoms with Gasteiger partial charge in [0.1, 0.15) is 5.82 Å². The van der Waals surface area contributed by atoms with Crippen molar-refractivity contribution in [3.05, 3.63) is 242 Å². The summed E-state index contributed by atoms with van der Waals surface area (Å²) in [5.74, 6) is 2.00. The molecular weight excluding hydrogens is 1150 g/mol. The van der Waals surface area contributed by atoms with Crippen LogP contribution in [0.25, 0.3) is 77.4 Å². The first kappa shape index (κ1) is 51.6. The van der Waals surface area contributed by atoms with Crippen LogP contribution in [0.2, 0.25) is 0 Å². The Balaban J connectivity index is 0.00000623. The fraction of sp³-hybridized carbons (Fsp3) is 0.167. The zero-order valence-corrected chi connectivity index (χ0v) is 48.4. The predicted molar refractivity (Wildman–Crippen MR) is 326 cm³/mol. The normalized spacial score (nSPS) is 12.9. The monoisotopic (exact) mass is 1210 g/mol. The molecule has 79 heavy (non-hydrogen) atoms. The molecule has 1 aliphatic rings. The molecule has 7 heteroatoms. The first-order valence-electron chi connectivity index (χ1n) is 27.1. The molecule has 1 aliphatic heterocycles. The molecule has 0 spiro atoms. The van der Waals surface area contributed by atoms with E-state index in [2.05, 4.69) is 282 Å². The van der Waals surface area contributed by atoms with E-state index in [-0.39, 0.29) is 37.3 Å². The number of benzene rings is 9. The smallest absolute Gasteiger partial charge is 0.135 e. The van der Waals surface area contributed by atoms with Crippen LogP contribution in [-0.4, -0.2) is 14.1 Å². The molecule has 0 saturated carbocycles. The number of para-hydroxylation sites is 2. The fourth-order valence-electron chi connectivity index (χ4n) is 11.2. The van der Waals surface area contributed by atoms with Crippen molar-refractivity contribution in [3.8, 4) is 45.3 Å². The van der Waals surface area contributed by atoms with E-state index in [1.165, 1.54) is 44.1 Å². The molecule has 9 aromatic carbocycles. The van der Waals surface area contributed by atoms with Gasteiger partial charge in [-0.2, -0.15) is 12.1 Å². The van der Waals surface area contributed by atoms with Gasteiger partial charge in [0.2, 0.25) is 0 Å². The van der Waals surface area contributed by atoms with Crippen LogP contribution in [0.1, 0.15) is 79.0 Å². The molecule has 0 saturated heterocycles. The largest absolute Gasteiger partial charge is 0.509 e. The Morgan fingerprint density at radius 2 is 1.03 bits per heavy atom. The second kappa shape index (κ2) is 19.6. The Hall–Kier alpha value is -8.18. The van der Waals surface area contributed by atoms with Gasteiger partial charge in [-0.3, -0.25) is 0 Å². The van der Waals surface area contributed by atoms with E-state index in [4.69, 9.17) is 9.72 Å². The molecule has 0 amide bonds. The summed E-state index contributed by atoms with van der Waals surface area (Å²) in [6.45, 7) is 22.7. The number of hydrogen-bond donors (Lipinski definition) is 0. The Bertz CT molecular complexity index is 4250. The summed E-state index contributed by atoms with van der Waals surface area (Å²) >= 11 is 0. The van der Waals surface area contributed by atoms with Crippen molar-refractivity contribution in [2.24, 2.45) is 0 Å². The number of fused-ring (bicyclic) bond motifs is 7. The molecule has 0 bridgehead atoms. The van der Waals surface area contributed by atoms with Crippen LogP contribution >= 0.6 is 0 Å². The van der Waals surface area contributed by atoms with Gasteiger partial charge in [-0.25, -0.2) is 4.98 Å². The van der Waals surface area contributed by atoms with Crippen molar-refractivity contribution < 1.29 is 25.8 Å². The number of rotatable bonds is 8. The number of aromatic nitrogens is 3. The molecule has 0 N–H and O–H groups in total. The summed E-state index contributed by atoms with van der Waals surface area (Å²) in [7, 11) is 0. The predicted octanol–water partition coefficient (Wildman–Crippen LogP) is 19.3. The van der Waals surface area contributed by atoms with Crippen LogP contribution in [0, 0.1) is 18.8 Å². The van der Waals surface area contributed by atoms with Crippen LogP contribution in [0.4, 0.5) is 22.7 Å². The maximum Gasteiger partial charge on any atom is 0.135 e. The van der Waals surface area contributed by atoms with Gasteiger partial charge in [0.25, 0.3) is 0 Å². The molecule has 0 aliphatic carbocycles. The van der Waals surface area contributed by atoms with Gasteiger partial charge in [0.05, 0.1) is 11.0 Å². The van der Waals surface area contributed by atoms with Crippen molar-refractivity contribution in [1.29, 1.82) is 0 Å². The van der Waals surface area contributed by atoms with E-state index in [1.807, 2.05) is 24.4 Å². The molecule has 4 heterocycles. The quantitative estimate of drug-likeness (QED) is 0.142. The van der Waals surface area contributed by atoms with E-state index in [9.17, 15) is 0 Å². The van der Waals surface area contributed by atoms with E-state index >= 15 is 0 Å². The number of hydrogen-bond acceptors (Lipinski definition) is 4. The summed E-state index contributed by atoms with van der Waals surface area (Å²) in [5, 5.41) is 4.63. The third-order valence-electron chi connectivity index (χ3n) is 15.5. The van der Waals surface area contributed by atoms with Crippen LogP contribution in [-0.2, 0) is 37.3 Å². The van der Waals surface area contributed by atoms with Crippen LogP contribution in [0.3, 0.4) is 0 Å². The maximum absolute atomic E-state index is 6.84. The van der Waals surface area contributed by atoms with Gasteiger partial charge in [-0.05, 0) is 127 Å². The number of nitrogens with zero attached hydrogens (tertiary/aromatic N) is 5. The minimum absolute atomic E-state index is 0. The minimum Gasteiger partial charge on any atom is -0.509 e. The van der Waals surface area contributed by atoms with Crippen molar-refractivity contribution in [3.63, 3.8) is 0 Å². The van der Waals surface area contributed by atoms with Crippen molar-refractivity contribution in [1.82, 2.24) is 14.1 Å². The molecule has 394 valence electrons. The van der Waals surface area contributed by atoms with Crippen LogP contribution < -0.4 is 14.5 Å². The maximum atomic E-state index is 6.84. The van der Waals surface area contributed by atoms with Gasteiger partial charge < -0.3 is 23.7 Å². The molecule has 13 rings (SSSR count). The number of pyridine rings is 1. The number of anilines is 4. The van der Waals surface area contributed by atoms with E-state index in [1.54, 1.807) is 0 Å². The molecule has 6 nitrogen and oxygen atoms in total. The SMILES string of the molecule is CC(C)(C)c1cc(N2[CH-]N(c3[c-]c(Oc4[c-]c5c(cc4)c4cc(-c6ccc7c8ccccc8n(-c8ccccc8)c7c6)ccc4n5-c4cc(C(C)(C)C)ccn4)ccc3)c3ccc(-c4ccccc4)cc32)cc(C(C)(C)C)c1.[Pt]. The fourth-order valence-corrected chi connectivity index (χ4v) is 11.2. The summed E-state index contributed by atoms with van der Waals surface area (Å²) < 4.78 is 11.5. The van der Waals surface area contributed by atoms with E-state index in [0.717, 1.165) is 72.8 Å². The summed E-state index contributed by atoms with van der Waals surface area (Å²) in [6, 6.07) is 79.5. The summed E-state index contributed by atoms with van der Waals surface area (Å²) in [5.41, 5.74) is 17.8. The first-order valence-corrected chi connectivity index (χ1v) is 27.1. The standard InChI is InChI=1S/C72H62N5O.Pt/c1-70(2,3)51-35-36-73-69(43-51)77-64-33-28-48(50-27-31-60-59-25-16-17-26-63(59)76(66(60)38-50)54-21-14-11-15-22-54)37-62(64)61-32-30-58(45-67(61)77)78-57-24-18-23-55(44-57)74-46-75(56-41-52(71(4,5)6)40-53(42-56)72(7,8)9)68-39-49(29-34-65(68)74)47-19-12-10-13-20-47;/h10-43,46H,1-9H3;/q-3;. The Kier molecular flexibility index (Phi) is 12.8. The van der Waals surface area contributed by atoms with Gasteiger partial charge in [0.15, 0.2) is 0 Å². The van der Waals surface area contributed by atoms with Crippen LogP contribution in [0.15, 0.2) is 206 Å². The zero-order chi connectivity index (χ0) is 53.7. The average molecular weight is 1210 g/mol. The third kappa shape index (κ3) is 9.40. The topological polar surface area (TPSA) is 38.5 Å². The molecule has 0 fully saturated rings. The zero-order valence-electron chi connectivity index (χ0n) is 46.2. The summed E-state index contributed by atoms with van der Waals surface area (Å²) in [6.07, 6.45) is 1.92. The number of ether oxygens (including phenoxy) is 1. The third-order valence-corrected chi connectivity index (χ3v) is 15.5. The summed E-state index contributed by atoms with van der Waals surface area (Å²) in [4.78, 5) is 9.59. The van der Waals surface area contributed by atoms with Gasteiger partial charge in [-0.1, -0.05) is 171 Å². The first-order chi connectivity index (χ1) is 37.5. The van der Waals surface area contributed by atoms with Crippen molar-refractivity contribution >= 4 is 66.4 Å². The molecule has 0 radical (unpaired) electrons. The molecular formula is C72H62N5OPt-3. The average Bonchev–Trinajstić information content (AvgIpc) is 4.34. The molecule has 0 unspecified atom stereocenters.